The van der Waals surface area contributed by atoms with Gasteiger partial charge in [-0.2, -0.15) is 5.10 Å². The number of benzene rings is 1. The predicted molar refractivity (Wildman–Crippen MR) is 114 cm³/mol. The van der Waals surface area contributed by atoms with Crippen molar-refractivity contribution in [1.29, 1.82) is 0 Å². The Labute approximate surface area is 171 Å². The van der Waals surface area contributed by atoms with E-state index in [1.807, 2.05) is 67.9 Å². The van der Waals surface area contributed by atoms with Gasteiger partial charge in [0.1, 0.15) is 5.82 Å². The Morgan fingerprint density at radius 1 is 1.17 bits per heavy atom. The number of rotatable bonds is 6. The average molecular weight is 394 g/mol. The van der Waals surface area contributed by atoms with Gasteiger partial charge >= 0.3 is 0 Å². The summed E-state index contributed by atoms with van der Waals surface area (Å²) in [5.74, 6) is 1.32. The van der Waals surface area contributed by atoms with Crippen LogP contribution >= 0.6 is 0 Å². The van der Waals surface area contributed by atoms with Gasteiger partial charge in [0.15, 0.2) is 11.8 Å². The van der Waals surface area contributed by atoms with Crippen LogP contribution < -0.4 is 5.32 Å². The zero-order valence-electron chi connectivity index (χ0n) is 17.4. The van der Waals surface area contributed by atoms with E-state index >= 15 is 0 Å². The predicted octanol–water partition coefficient (Wildman–Crippen LogP) is 3.62. The lowest BCUT2D eigenvalue weighted by atomic mass is 10.2. The Morgan fingerprint density at radius 2 is 2.00 bits per heavy atom. The summed E-state index contributed by atoms with van der Waals surface area (Å²) in [5.41, 5.74) is 3.92. The molecule has 0 aliphatic carbocycles. The van der Waals surface area contributed by atoms with Crippen LogP contribution in [0.5, 0.6) is 0 Å². The smallest absolute Gasteiger partial charge is 0.194 e. The molecule has 1 N–H and O–H groups in total. The van der Waals surface area contributed by atoms with Crippen molar-refractivity contribution >= 4 is 5.96 Å². The van der Waals surface area contributed by atoms with Crippen molar-refractivity contribution in [1.82, 2.24) is 25.0 Å². The van der Waals surface area contributed by atoms with E-state index in [-0.39, 0.29) is 5.82 Å². The highest BCUT2D eigenvalue weighted by Gasteiger charge is 2.08. The Morgan fingerprint density at radius 3 is 2.62 bits per heavy atom. The minimum atomic E-state index is -0.230. The number of pyridine rings is 1. The quantitative estimate of drug-likeness (QED) is 0.512. The number of hydrogen-bond acceptors (Lipinski definition) is 3. The lowest BCUT2D eigenvalue weighted by Gasteiger charge is -2.22. The molecule has 1 aromatic carbocycles. The standard InChI is InChI=1S/C22H27FN6/c1-5-24-22(28(4)15-18-7-6-8-20(23)12-18)26-14-19-9-10-21(25-13-19)29-17(3)11-16(2)27-29/h6-13H,5,14-15H2,1-4H3,(H,24,26). The molecule has 2 aromatic heterocycles. The van der Waals surface area contributed by atoms with E-state index in [2.05, 4.69) is 15.4 Å². The fourth-order valence-corrected chi connectivity index (χ4v) is 3.12. The minimum absolute atomic E-state index is 0.230. The average Bonchev–Trinajstić information content (AvgIpc) is 3.03. The van der Waals surface area contributed by atoms with Crippen LogP contribution in [0.25, 0.3) is 5.82 Å². The summed E-state index contributed by atoms with van der Waals surface area (Å²) >= 11 is 0. The van der Waals surface area contributed by atoms with Crippen molar-refractivity contribution in [2.45, 2.75) is 33.9 Å². The number of nitrogens with one attached hydrogen (secondary N) is 1. The monoisotopic (exact) mass is 394 g/mol. The van der Waals surface area contributed by atoms with E-state index in [0.717, 1.165) is 40.8 Å². The highest BCUT2D eigenvalue weighted by molar-refractivity contribution is 5.79. The van der Waals surface area contributed by atoms with Crippen LogP contribution in [0.1, 0.15) is 29.4 Å². The maximum absolute atomic E-state index is 13.4. The number of halogens is 1. The molecule has 0 spiro atoms. The number of guanidine groups is 1. The van der Waals surface area contributed by atoms with Gasteiger partial charge in [-0.1, -0.05) is 18.2 Å². The zero-order chi connectivity index (χ0) is 20.8. The molecule has 29 heavy (non-hydrogen) atoms. The van der Waals surface area contributed by atoms with E-state index in [1.54, 1.807) is 12.1 Å². The molecular weight excluding hydrogens is 367 g/mol. The lowest BCUT2D eigenvalue weighted by Crippen LogP contribution is -2.38. The molecule has 0 radical (unpaired) electrons. The van der Waals surface area contributed by atoms with Crippen molar-refractivity contribution in [3.05, 3.63) is 77.0 Å². The summed E-state index contributed by atoms with van der Waals surface area (Å²) in [4.78, 5) is 11.2. The van der Waals surface area contributed by atoms with Gasteiger partial charge in [0, 0.05) is 32.0 Å². The topological polar surface area (TPSA) is 58.3 Å². The fraction of sp³-hybridized carbons (Fsp3) is 0.318. The summed E-state index contributed by atoms with van der Waals surface area (Å²) in [6, 6.07) is 12.6. The molecule has 0 saturated carbocycles. The van der Waals surface area contributed by atoms with Crippen LogP contribution in [0.4, 0.5) is 4.39 Å². The Balaban J connectivity index is 1.70. The lowest BCUT2D eigenvalue weighted by molar-refractivity contribution is 0.474. The Hall–Kier alpha value is -3.22. The maximum Gasteiger partial charge on any atom is 0.194 e. The number of nitrogens with zero attached hydrogens (tertiary/aromatic N) is 5. The molecule has 6 nitrogen and oxygen atoms in total. The molecule has 0 atom stereocenters. The molecule has 0 unspecified atom stereocenters. The molecular formula is C22H27FN6. The summed E-state index contributed by atoms with van der Waals surface area (Å²) in [5, 5.41) is 7.74. The van der Waals surface area contributed by atoms with Crippen LogP contribution in [0.2, 0.25) is 0 Å². The third-order valence-corrected chi connectivity index (χ3v) is 4.45. The first-order valence-electron chi connectivity index (χ1n) is 9.68. The number of hydrogen-bond donors (Lipinski definition) is 1. The summed E-state index contributed by atoms with van der Waals surface area (Å²) in [6.45, 7) is 7.82. The number of aliphatic imine (C=N–C) groups is 1. The van der Waals surface area contributed by atoms with Gasteiger partial charge in [0.05, 0.1) is 12.2 Å². The van der Waals surface area contributed by atoms with E-state index in [0.29, 0.717) is 13.1 Å². The van der Waals surface area contributed by atoms with Gasteiger partial charge in [-0.3, -0.25) is 0 Å². The molecule has 152 valence electrons. The van der Waals surface area contributed by atoms with Gasteiger partial charge in [-0.25, -0.2) is 19.0 Å². The van der Waals surface area contributed by atoms with Crippen LogP contribution in [0.3, 0.4) is 0 Å². The molecule has 7 heteroatoms. The third kappa shape index (κ3) is 5.40. The summed E-state index contributed by atoms with van der Waals surface area (Å²) in [7, 11) is 1.94. The van der Waals surface area contributed by atoms with Gasteiger partial charge in [-0.15, -0.1) is 0 Å². The van der Waals surface area contributed by atoms with Crippen molar-refractivity contribution in [3.63, 3.8) is 0 Å². The second-order valence-electron chi connectivity index (χ2n) is 7.02. The fourth-order valence-electron chi connectivity index (χ4n) is 3.12. The zero-order valence-corrected chi connectivity index (χ0v) is 17.4. The van der Waals surface area contributed by atoms with Crippen LogP contribution in [0, 0.1) is 19.7 Å². The first-order chi connectivity index (χ1) is 14.0. The van der Waals surface area contributed by atoms with Crippen molar-refractivity contribution in [2.75, 3.05) is 13.6 Å². The normalized spacial score (nSPS) is 11.6. The largest absolute Gasteiger partial charge is 0.357 e. The molecule has 0 bridgehead atoms. The van der Waals surface area contributed by atoms with Crippen LogP contribution in [-0.4, -0.2) is 39.2 Å². The number of aryl methyl sites for hydroxylation is 2. The van der Waals surface area contributed by atoms with Crippen molar-refractivity contribution in [3.8, 4) is 5.82 Å². The van der Waals surface area contributed by atoms with Gasteiger partial charge in [0.25, 0.3) is 0 Å². The molecule has 0 saturated heterocycles. The maximum atomic E-state index is 13.4. The summed E-state index contributed by atoms with van der Waals surface area (Å²) in [6.07, 6.45) is 1.82. The number of aromatic nitrogens is 3. The van der Waals surface area contributed by atoms with Crippen molar-refractivity contribution in [2.24, 2.45) is 4.99 Å². The first kappa shape index (κ1) is 20.5. The van der Waals surface area contributed by atoms with Gasteiger partial charge < -0.3 is 10.2 Å². The highest BCUT2D eigenvalue weighted by Crippen LogP contribution is 2.11. The van der Waals surface area contributed by atoms with Crippen LogP contribution in [0.15, 0.2) is 53.7 Å². The molecule has 3 rings (SSSR count). The molecule has 2 heterocycles. The van der Waals surface area contributed by atoms with E-state index in [4.69, 9.17) is 4.99 Å². The molecule has 0 amide bonds. The second kappa shape index (κ2) is 9.32. The van der Waals surface area contributed by atoms with E-state index in [9.17, 15) is 4.39 Å². The molecule has 0 fully saturated rings. The first-order valence-corrected chi connectivity index (χ1v) is 9.68. The highest BCUT2D eigenvalue weighted by atomic mass is 19.1. The van der Waals surface area contributed by atoms with Crippen LogP contribution in [-0.2, 0) is 13.1 Å². The minimum Gasteiger partial charge on any atom is -0.357 e. The molecule has 3 aromatic rings. The Kier molecular flexibility index (Phi) is 6.59. The molecule has 0 aliphatic heterocycles. The second-order valence-corrected chi connectivity index (χ2v) is 7.02. The van der Waals surface area contributed by atoms with Crippen molar-refractivity contribution < 1.29 is 4.39 Å². The molecule has 0 aliphatic rings. The third-order valence-electron chi connectivity index (χ3n) is 4.45. The summed E-state index contributed by atoms with van der Waals surface area (Å²) < 4.78 is 15.3. The Bertz CT molecular complexity index is 977. The van der Waals surface area contributed by atoms with E-state index in [1.165, 1.54) is 6.07 Å². The van der Waals surface area contributed by atoms with Gasteiger partial charge in [-0.05, 0) is 56.2 Å². The van der Waals surface area contributed by atoms with E-state index < -0.39 is 0 Å². The SMILES string of the molecule is CCNC(=NCc1ccc(-n2nc(C)cc2C)nc1)N(C)Cc1cccc(F)c1. The van der Waals surface area contributed by atoms with Gasteiger partial charge in [0.2, 0.25) is 0 Å².